The topological polar surface area (TPSA) is 68.2 Å². The van der Waals surface area contributed by atoms with Gasteiger partial charge in [0.1, 0.15) is 10.4 Å². The molecule has 3 N–H and O–H groups in total. The smallest absolute Gasteiger partial charge is 0.155 e. The summed E-state index contributed by atoms with van der Waals surface area (Å²) in [7, 11) is 0. The number of hydrogen-bond acceptors (Lipinski definition) is 4. The van der Waals surface area contributed by atoms with Crippen LogP contribution in [-0.4, -0.2) is 21.1 Å². The van der Waals surface area contributed by atoms with Crippen LogP contribution in [0.2, 0.25) is 0 Å². The van der Waals surface area contributed by atoms with E-state index in [9.17, 15) is 0 Å². The van der Waals surface area contributed by atoms with E-state index in [0.29, 0.717) is 6.54 Å². The molecule has 6 heteroatoms. The first-order chi connectivity index (χ1) is 8.40. The van der Waals surface area contributed by atoms with E-state index >= 15 is 0 Å². The number of aromatic nitrogens is 3. The first-order valence-corrected chi connectivity index (χ1v) is 6.68. The van der Waals surface area contributed by atoms with Crippen LogP contribution in [0.1, 0.15) is 26.5 Å². The zero-order chi connectivity index (χ0) is 13.3. The van der Waals surface area contributed by atoms with Gasteiger partial charge in [-0.1, -0.05) is 20.8 Å². The van der Waals surface area contributed by atoms with E-state index in [1.807, 2.05) is 12.1 Å². The standard InChI is InChI=1S/C12H18BrN5/c1-12(2,3)7-15-9-4-5-10-16-8(6-14)11(13)18(10)17-9/h4-5H,6-7,14H2,1-3H3,(H,15,17). The first-order valence-electron chi connectivity index (χ1n) is 5.89. The van der Waals surface area contributed by atoms with Crippen LogP contribution in [0.3, 0.4) is 0 Å². The molecule has 0 unspecified atom stereocenters. The maximum Gasteiger partial charge on any atom is 0.155 e. The molecule has 0 saturated carbocycles. The largest absolute Gasteiger partial charge is 0.368 e. The Morgan fingerprint density at radius 2 is 2.11 bits per heavy atom. The summed E-state index contributed by atoms with van der Waals surface area (Å²) in [5, 5.41) is 7.81. The van der Waals surface area contributed by atoms with Gasteiger partial charge in [0.15, 0.2) is 5.65 Å². The van der Waals surface area contributed by atoms with Crippen LogP contribution in [0, 0.1) is 5.41 Å². The summed E-state index contributed by atoms with van der Waals surface area (Å²) in [5.74, 6) is 0.832. The number of rotatable bonds is 3. The Hall–Kier alpha value is -1.14. The number of anilines is 1. The second-order valence-corrected chi connectivity index (χ2v) is 6.21. The highest BCUT2D eigenvalue weighted by Crippen LogP contribution is 2.19. The predicted octanol–water partition coefficient (Wildman–Crippen LogP) is 2.41. The molecule has 0 aliphatic rings. The van der Waals surface area contributed by atoms with Gasteiger partial charge in [0.25, 0.3) is 0 Å². The minimum atomic E-state index is 0.214. The van der Waals surface area contributed by atoms with Crippen molar-refractivity contribution in [1.82, 2.24) is 14.6 Å². The van der Waals surface area contributed by atoms with Gasteiger partial charge < -0.3 is 11.1 Å². The van der Waals surface area contributed by atoms with Gasteiger partial charge in [-0.05, 0) is 33.5 Å². The van der Waals surface area contributed by atoms with E-state index in [1.165, 1.54) is 0 Å². The number of nitrogens with two attached hydrogens (primary N) is 1. The van der Waals surface area contributed by atoms with Crippen molar-refractivity contribution < 1.29 is 0 Å². The van der Waals surface area contributed by atoms with Crippen LogP contribution < -0.4 is 11.1 Å². The predicted molar refractivity (Wildman–Crippen MR) is 76.5 cm³/mol. The molecule has 0 spiro atoms. The second-order valence-electron chi connectivity index (χ2n) is 5.46. The van der Waals surface area contributed by atoms with E-state index in [4.69, 9.17) is 5.73 Å². The third kappa shape index (κ3) is 2.81. The van der Waals surface area contributed by atoms with Gasteiger partial charge in [0, 0.05) is 13.1 Å². The molecule has 0 fully saturated rings. The van der Waals surface area contributed by atoms with Gasteiger partial charge in [0.2, 0.25) is 0 Å². The lowest BCUT2D eigenvalue weighted by molar-refractivity contribution is 0.442. The Morgan fingerprint density at radius 3 is 2.72 bits per heavy atom. The van der Waals surface area contributed by atoms with Gasteiger partial charge in [-0.3, -0.25) is 0 Å². The second kappa shape index (κ2) is 4.85. The molecule has 0 atom stereocenters. The normalized spacial score (nSPS) is 12.1. The van der Waals surface area contributed by atoms with E-state index in [-0.39, 0.29) is 5.41 Å². The molecule has 5 nitrogen and oxygen atoms in total. The molecule has 0 saturated heterocycles. The molecule has 0 amide bonds. The Labute approximate surface area is 115 Å². The van der Waals surface area contributed by atoms with E-state index < -0.39 is 0 Å². The fourth-order valence-electron chi connectivity index (χ4n) is 1.53. The first kappa shape index (κ1) is 13.3. The van der Waals surface area contributed by atoms with Crippen LogP contribution in [-0.2, 0) is 6.54 Å². The van der Waals surface area contributed by atoms with Crippen molar-refractivity contribution in [1.29, 1.82) is 0 Å². The molecule has 98 valence electrons. The van der Waals surface area contributed by atoms with Gasteiger partial charge >= 0.3 is 0 Å². The molecule has 0 radical (unpaired) electrons. The lowest BCUT2D eigenvalue weighted by Crippen LogP contribution is -2.20. The van der Waals surface area contributed by atoms with Crippen molar-refractivity contribution in [2.45, 2.75) is 27.3 Å². The summed E-state index contributed by atoms with van der Waals surface area (Å²) >= 11 is 3.47. The van der Waals surface area contributed by atoms with Crippen LogP contribution in [0.5, 0.6) is 0 Å². The monoisotopic (exact) mass is 311 g/mol. The Bertz CT molecular complexity index is 555. The zero-order valence-electron chi connectivity index (χ0n) is 10.9. The van der Waals surface area contributed by atoms with E-state index in [1.54, 1.807) is 4.52 Å². The molecule has 2 aromatic heterocycles. The van der Waals surface area contributed by atoms with Crippen LogP contribution >= 0.6 is 15.9 Å². The number of hydrogen-bond donors (Lipinski definition) is 2. The van der Waals surface area contributed by atoms with Crippen molar-refractivity contribution in [3.8, 4) is 0 Å². The summed E-state index contributed by atoms with van der Waals surface area (Å²) in [5.41, 5.74) is 7.44. The Morgan fingerprint density at radius 1 is 1.39 bits per heavy atom. The number of nitrogens with zero attached hydrogens (tertiary/aromatic N) is 3. The van der Waals surface area contributed by atoms with E-state index in [0.717, 1.165) is 28.3 Å². The number of fused-ring (bicyclic) bond motifs is 1. The maximum atomic E-state index is 5.62. The molecular weight excluding hydrogens is 294 g/mol. The van der Waals surface area contributed by atoms with Gasteiger partial charge in [0.05, 0.1) is 5.69 Å². The average molecular weight is 312 g/mol. The minimum absolute atomic E-state index is 0.214. The highest BCUT2D eigenvalue weighted by Gasteiger charge is 2.12. The molecule has 18 heavy (non-hydrogen) atoms. The lowest BCUT2D eigenvalue weighted by atomic mass is 9.97. The molecule has 2 rings (SSSR count). The summed E-state index contributed by atoms with van der Waals surface area (Å²) in [4.78, 5) is 4.38. The molecule has 0 aromatic carbocycles. The minimum Gasteiger partial charge on any atom is -0.368 e. The highest BCUT2D eigenvalue weighted by atomic mass is 79.9. The molecule has 2 heterocycles. The third-order valence-corrected chi connectivity index (χ3v) is 3.28. The average Bonchev–Trinajstić information content (AvgIpc) is 2.63. The summed E-state index contributed by atoms with van der Waals surface area (Å²) in [6.45, 7) is 7.80. The van der Waals surface area contributed by atoms with Crippen molar-refractivity contribution in [2.75, 3.05) is 11.9 Å². The highest BCUT2D eigenvalue weighted by molar-refractivity contribution is 9.10. The zero-order valence-corrected chi connectivity index (χ0v) is 12.5. The molecular formula is C12H18BrN5. The van der Waals surface area contributed by atoms with Gasteiger partial charge in [-0.2, -0.15) is 0 Å². The van der Waals surface area contributed by atoms with Crippen LogP contribution in [0.25, 0.3) is 5.65 Å². The van der Waals surface area contributed by atoms with Crippen LogP contribution in [0.15, 0.2) is 16.7 Å². The van der Waals surface area contributed by atoms with Crippen molar-refractivity contribution in [3.63, 3.8) is 0 Å². The van der Waals surface area contributed by atoms with Crippen molar-refractivity contribution >= 4 is 27.4 Å². The van der Waals surface area contributed by atoms with Crippen molar-refractivity contribution in [3.05, 3.63) is 22.4 Å². The Balaban J connectivity index is 2.29. The third-order valence-electron chi connectivity index (χ3n) is 2.48. The Kier molecular flexibility index (Phi) is 3.59. The number of halogens is 1. The number of imidazole rings is 1. The molecule has 0 aliphatic heterocycles. The summed E-state index contributed by atoms with van der Waals surface area (Å²) in [6, 6.07) is 3.86. The molecule has 0 aliphatic carbocycles. The number of nitrogens with one attached hydrogen (secondary N) is 1. The van der Waals surface area contributed by atoms with Gasteiger partial charge in [-0.15, -0.1) is 5.10 Å². The molecule has 2 aromatic rings. The quantitative estimate of drug-likeness (QED) is 0.913. The maximum absolute atomic E-state index is 5.62. The fraction of sp³-hybridized carbons (Fsp3) is 0.500. The van der Waals surface area contributed by atoms with E-state index in [2.05, 4.69) is 52.1 Å². The SMILES string of the molecule is CC(C)(C)CNc1ccc2nc(CN)c(Br)n2n1. The fourth-order valence-corrected chi connectivity index (χ4v) is 2.04. The summed E-state index contributed by atoms with van der Waals surface area (Å²) in [6.07, 6.45) is 0. The van der Waals surface area contributed by atoms with Crippen molar-refractivity contribution in [2.24, 2.45) is 11.1 Å². The summed E-state index contributed by atoms with van der Waals surface area (Å²) < 4.78 is 2.58. The lowest BCUT2D eigenvalue weighted by Gasteiger charge is -2.18. The van der Waals surface area contributed by atoms with Crippen LogP contribution in [0.4, 0.5) is 5.82 Å². The molecule has 0 bridgehead atoms. The van der Waals surface area contributed by atoms with Gasteiger partial charge in [-0.25, -0.2) is 9.50 Å².